The molecule has 1 aliphatic rings. The number of amides is 2. The van der Waals surface area contributed by atoms with Crippen molar-refractivity contribution in [2.75, 3.05) is 20.1 Å². The number of aryl methyl sites for hydroxylation is 1. The fourth-order valence-corrected chi connectivity index (χ4v) is 3.22. The van der Waals surface area contributed by atoms with Gasteiger partial charge in [0.05, 0.1) is 5.69 Å². The predicted octanol–water partition coefficient (Wildman–Crippen LogP) is 2.77. The summed E-state index contributed by atoms with van der Waals surface area (Å²) in [6.45, 7) is 3.08. The van der Waals surface area contributed by atoms with Crippen LogP contribution in [0, 0.1) is 17.7 Å². The molecule has 1 saturated carbocycles. The van der Waals surface area contributed by atoms with Crippen molar-refractivity contribution in [2.45, 2.75) is 32.6 Å². The highest BCUT2D eigenvalue weighted by Crippen LogP contribution is 2.37. The minimum atomic E-state index is -0.287. The quantitative estimate of drug-likeness (QED) is 0.696. The average Bonchev–Trinajstić information content (AvgIpc) is 3.22. The van der Waals surface area contributed by atoms with Gasteiger partial charge in [-0.3, -0.25) is 14.7 Å². The monoisotopic (exact) mass is 386 g/mol. The maximum Gasteiger partial charge on any atom is 0.224 e. The first-order valence-electron chi connectivity index (χ1n) is 9.76. The Morgan fingerprint density at radius 3 is 2.86 bits per heavy atom. The highest BCUT2D eigenvalue weighted by molar-refractivity contribution is 5.82. The second kappa shape index (κ2) is 8.99. The molecule has 0 radical (unpaired) electrons. The average molecular weight is 386 g/mol. The fourth-order valence-electron chi connectivity index (χ4n) is 3.22. The van der Waals surface area contributed by atoms with Gasteiger partial charge in [-0.05, 0) is 43.4 Å². The van der Waals surface area contributed by atoms with E-state index in [-0.39, 0.29) is 23.5 Å². The Morgan fingerprint density at radius 2 is 2.14 bits per heavy atom. The smallest absolute Gasteiger partial charge is 0.224 e. The number of H-pyrrole nitrogens is 1. The molecule has 1 aromatic carbocycles. The molecule has 2 unspecified atom stereocenters. The topological polar surface area (TPSA) is 78.1 Å². The Morgan fingerprint density at radius 1 is 1.36 bits per heavy atom. The number of hydrogen-bond acceptors (Lipinski definition) is 3. The van der Waals surface area contributed by atoms with Crippen LogP contribution < -0.4 is 5.32 Å². The Hall–Kier alpha value is -2.70. The molecule has 2 aromatic rings. The van der Waals surface area contributed by atoms with E-state index in [2.05, 4.69) is 22.4 Å². The third-order valence-electron chi connectivity index (χ3n) is 5.20. The lowest BCUT2D eigenvalue weighted by molar-refractivity contribution is -0.130. The molecule has 2 amide bonds. The van der Waals surface area contributed by atoms with Gasteiger partial charge in [0.1, 0.15) is 5.82 Å². The van der Waals surface area contributed by atoms with Crippen LogP contribution in [0.5, 0.6) is 0 Å². The molecule has 6 nitrogen and oxygen atoms in total. The Balaban J connectivity index is 1.36. The summed E-state index contributed by atoms with van der Waals surface area (Å²) in [4.78, 5) is 25.6. The van der Waals surface area contributed by atoms with Crippen LogP contribution in [0.3, 0.4) is 0 Å². The number of carbonyl (C=O) groups is 2. The SMILES string of the molecule is CC1CC1C(=O)NCCC(=O)N(C)CCCc1cc(-c2cccc(F)c2)n[nH]1. The molecule has 0 bridgehead atoms. The number of rotatable bonds is 9. The molecule has 1 aromatic heterocycles. The van der Waals surface area contributed by atoms with Crippen molar-refractivity contribution in [1.29, 1.82) is 0 Å². The number of aromatic nitrogens is 2. The molecule has 0 saturated heterocycles. The van der Waals surface area contributed by atoms with Gasteiger partial charge in [0, 0.05) is 43.7 Å². The zero-order chi connectivity index (χ0) is 20.1. The molecular weight excluding hydrogens is 359 g/mol. The molecule has 2 N–H and O–H groups in total. The maximum absolute atomic E-state index is 13.3. The van der Waals surface area contributed by atoms with Gasteiger partial charge in [-0.2, -0.15) is 5.10 Å². The minimum absolute atomic E-state index is 0.0224. The van der Waals surface area contributed by atoms with Crippen LogP contribution in [-0.2, 0) is 16.0 Å². The molecule has 1 aliphatic carbocycles. The van der Waals surface area contributed by atoms with Crippen LogP contribution >= 0.6 is 0 Å². The van der Waals surface area contributed by atoms with E-state index in [0.717, 1.165) is 30.5 Å². The first-order chi connectivity index (χ1) is 13.4. The summed E-state index contributed by atoms with van der Waals surface area (Å²) in [6.07, 6.45) is 2.81. The number of halogens is 1. The van der Waals surface area contributed by atoms with Crippen molar-refractivity contribution < 1.29 is 14.0 Å². The number of benzene rings is 1. The summed E-state index contributed by atoms with van der Waals surface area (Å²) < 4.78 is 13.3. The predicted molar refractivity (Wildman–Crippen MR) is 105 cm³/mol. The number of carbonyl (C=O) groups excluding carboxylic acids is 2. The van der Waals surface area contributed by atoms with E-state index in [1.54, 1.807) is 18.0 Å². The number of nitrogens with one attached hydrogen (secondary N) is 2. The first-order valence-corrected chi connectivity index (χ1v) is 9.76. The normalized spacial score (nSPS) is 18.0. The lowest BCUT2D eigenvalue weighted by atomic mass is 10.1. The van der Waals surface area contributed by atoms with Crippen molar-refractivity contribution in [2.24, 2.45) is 11.8 Å². The summed E-state index contributed by atoms with van der Waals surface area (Å²) in [6, 6.07) is 8.24. The summed E-state index contributed by atoms with van der Waals surface area (Å²) in [5, 5.41) is 10.0. The highest BCUT2D eigenvalue weighted by Gasteiger charge is 2.38. The summed E-state index contributed by atoms with van der Waals surface area (Å²) in [7, 11) is 1.78. The number of aromatic amines is 1. The number of hydrogen-bond donors (Lipinski definition) is 2. The zero-order valence-electron chi connectivity index (χ0n) is 16.4. The van der Waals surface area contributed by atoms with Crippen LogP contribution in [0.2, 0.25) is 0 Å². The molecule has 1 heterocycles. The van der Waals surface area contributed by atoms with Crippen molar-refractivity contribution in [3.8, 4) is 11.3 Å². The van der Waals surface area contributed by atoms with Crippen LogP contribution in [0.4, 0.5) is 4.39 Å². The maximum atomic E-state index is 13.3. The van der Waals surface area contributed by atoms with E-state index in [0.29, 0.717) is 31.1 Å². The molecule has 1 fully saturated rings. The van der Waals surface area contributed by atoms with Crippen molar-refractivity contribution in [3.05, 3.63) is 41.8 Å². The Bertz CT molecular complexity index is 835. The van der Waals surface area contributed by atoms with Crippen molar-refractivity contribution in [3.63, 3.8) is 0 Å². The standard InChI is InChI=1S/C21H27FN4O2/c1-14-11-18(14)21(28)23-9-8-20(27)26(2)10-4-7-17-13-19(25-24-17)15-5-3-6-16(22)12-15/h3,5-6,12-14,18H,4,7-11H2,1-2H3,(H,23,28)(H,24,25). The third-order valence-corrected chi connectivity index (χ3v) is 5.20. The van der Waals surface area contributed by atoms with Crippen LogP contribution in [0.25, 0.3) is 11.3 Å². The summed E-state index contributed by atoms with van der Waals surface area (Å²) in [5.41, 5.74) is 2.39. The second-order valence-corrected chi connectivity index (χ2v) is 7.57. The Labute approximate surface area is 164 Å². The molecule has 3 rings (SSSR count). The van der Waals surface area contributed by atoms with Crippen LogP contribution in [-0.4, -0.2) is 47.0 Å². The summed E-state index contributed by atoms with van der Waals surface area (Å²) >= 11 is 0. The van der Waals surface area contributed by atoms with E-state index in [4.69, 9.17) is 0 Å². The lowest BCUT2D eigenvalue weighted by Gasteiger charge is -2.17. The van der Waals surface area contributed by atoms with Crippen LogP contribution in [0.1, 0.15) is 31.9 Å². The lowest BCUT2D eigenvalue weighted by Crippen LogP contribution is -2.33. The molecule has 0 aliphatic heterocycles. The molecule has 28 heavy (non-hydrogen) atoms. The van der Waals surface area contributed by atoms with Gasteiger partial charge in [-0.1, -0.05) is 19.1 Å². The van der Waals surface area contributed by atoms with Gasteiger partial charge in [-0.15, -0.1) is 0 Å². The molecule has 150 valence electrons. The Kier molecular flexibility index (Phi) is 6.44. The number of nitrogens with zero attached hydrogens (tertiary/aromatic N) is 2. The van der Waals surface area contributed by atoms with E-state index >= 15 is 0 Å². The van der Waals surface area contributed by atoms with Crippen molar-refractivity contribution >= 4 is 11.8 Å². The van der Waals surface area contributed by atoms with Crippen LogP contribution in [0.15, 0.2) is 30.3 Å². The summed E-state index contributed by atoms with van der Waals surface area (Å²) in [5.74, 6) is 0.414. The van der Waals surface area contributed by atoms with E-state index in [9.17, 15) is 14.0 Å². The van der Waals surface area contributed by atoms with Gasteiger partial charge < -0.3 is 10.2 Å². The zero-order valence-corrected chi connectivity index (χ0v) is 16.4. The van der Waals surface area contributed by atoms with E-state index < -0.39 is 0 Å². The molecule has 2 atom stereocenters. The van der Waals surface area contributed by atoms with E-state index in [1.807, 2.05) is 12.1 Å². The van der Waals surface area contributed by atoms with Gasteiger partial charge >= 0.3 is 0 Å². The van der Waals surface area contributed by atoms with Gasteiger partial charge in [-0.25, -0.2) is 4.39 Å². The fraction of sp³-hybridized carbons (Fsp3) is 0.476. The van der Waals surface area contributed by atoms with Crippen molar-refractivity contribution in [1.82, 2.24) is 20.4 Å². The highest BCUT2D eigenvalue weighted by atomic mass is 19.1. The first kappa shape index (κ1) is 20.0. The van der Waals surface area contributed by atoms with E-state index in [1.165, 1.54) is 12.1 Å². The van der Waals surface area contributed by atoms with Gasteiger partial charge in [0.2, 0.25) is 11.8 Å². The molecular formula is C21H27FN4O2. The van der Waals surface area contributed by atoms with Gasteiger partial charge in [0.15, 0.2) is 0 Å². The third kappa shape index (κ3) is 5.41. The largest absolute Gasteiger partial charge is 0.355 e. The molecule has 0 spiro atoms. The second-order valence-electron chi connectivity index (χ2n) is 7.57. The minimum Gasteiger partial charge on any atom is -0.355 e. The van der Waals surface area contributed by atoms with Gasteiger partial charge in [0.25, 0.3) is 0 Å². The molecule has 7 heteroatoms.